The number of nitrogens with one attached hydrogen (secondary N) is 1. The van der Waals surface area contributed by atoms with Crippen LogP contribution in [0.1, 0.15) is 40.0 Å². The maximum atomic E-state index is 12.8. The number of amides is 2. The van der Waals surface area contributed by atoms with Crippen LogP contribution in [0.25, 0.3) is 0 Å². The zero-order chi connectivity index (χ0) is 19.6. The maximum Gasteiger partial charge on any atom is 0.410 e. The van der Waals surface area contributed by atoms with Crippen LogP contribution in [0, 0.1) is 0 Å². The minimum atomic E-state index is -0.560. The summed E-state index contributed by atoms with van der Waals surface area (Å²) in [6.45, 7) is 7.75. The van der Waals surface area contributed by atoms with Crippen LogP contribution >= 0.6 is 15.9 Å². The summed E-state index contributed by atoms with van der Waals surface area (Å²) < 4.78 is 6.51. The van der Waals surface area contributed by atoms with E-state index < -0.39 is 17.7 Å². The minimum Gasteiger partial charge on any atom is -0.444 e. The van der Waals surface area contributed by atoms with E-state index in [2.05, 4.69) is 32.2 Å². The molecule has 1 aromatic carbocycles. The molecule has 3 rings (SSSR count). The summed E-state index contributed by atoms with van der Waals surface area (Å²) in [5, 5.41) is 3.14. The zero-order valence-electron chi connectivity index (χ0n) is 16.2. The van der Waals surface area contributed by atoms with Gasteiger partial charge in [0.05, 0.1) is 5.69 Å². The van der Waals surface area contributed by atoms with Gasteiger partial charge in [0.2, 0.25) is 5.91 Å². The van der Waals surface area contributed by atoms with Gasteiger partial charge in [0, 0.05) is 30.1 Å². The molecule has 0 aromatic heterocycles. The number of hydrogen-bond acceptors (Lipinski definition) is 4. The van der Waals surface area contributed by atoms with Gasteiger partial charge in [-0.1, -0.05) is 12.1 Å². The molecule has 0 spiro atoms. The molecule has 1 N–H and O–H groups in total. The van der Waals surface area contributed by atoms with E-state index >= 15 is 0 Å². The molecule has 2 amide bonds. The molecule has 2 fully saturated rings. The number of hydrogen-bond donors (Lipinski definition) is 1. The Hall–Kier alpha value is -1.76. The van der Waals surface area contributed by atoms with E-state index in [0.717, 1.165) is 36.1 Å². The second-order valence-corrected chi connectivity index (χ2v) is 9.08. The van der Waals surface area contributed by atoms with Crippen molar-refractivity contribution in [1.82, 2.24) is 10.2 Å². The van der Waals surface area contributed by atoms with E-state index in [1.54, 1.807) is 4.90 Å². The lowest BCUT2D eigenvalue weighted by Gasteiger charge is -2.28. The molecular formula is C20H28BrN3O3. The number of benzene rings is 1. The van der Waals surface area contributed by atoms with Gasteiger partial charge < -0.3 is 15.0 Å². The van der Waals surface area contributed by atoms with Gasteiger partial charge in [0.25, 0.3) is 0 Å². The number of rotatable bonds is 3. The smallest absolute Gasteiger partial charge is 0.410 e. The summed E-state index contributed by atoms with van der Waals surface area (Å²) >= 11 is 3.59. The van der Waals surface area contributed by atoms with Crippen LogP contribution in [0.4, 0.5) is 10.5 Å². The number of para-hydroxylation sites is 1. The standard InChI is InChI=1S/C20H28BrN3O3/c1-20(2,3)27-19(26)24-11-6-9-17(24)18(25)22-14-10-12-23(13-14)16-8-5-4-7-15(16)21/h4-5,7-8,14,17H,6,9-13H2,1-3H3,(H,22,25). The molecule has 2 heterocycles. The van der Waals surface area contributed by atoms with E-state index in [-0.39, 0.29) is 11.9 Å². The SMILES string of the molecule is CC(C)(C)OC(=O)N1CCCC1C(=O)NC1CCN(c2ccccc2Br)C1. The van der Waals surface area contributed by atoms with Crippen molar-refractivity contribution in [2.75, 3.05) is 24.5 Å². The largest absolute Gasteiger partial charge is 0.444 e. The first-order chi connectivity index (χ1) is 12.7. The van der Waals surface area contributed by atoms with Crippen LogP contribution in [0.5, 0.6) is 0 Å². The molecular weight excluding hydrogens is 410 g/mol. The fourth-order valence-electron chi connectivity index (χ4n) is 3.68. The average molecular weight is 438 g/mol. The monoisotopic (exact) mass is 437 g/mol. The van der Waals surface area contributed by atoms with Gasteiger partial charge in [-0.2, -0.15) is 0 Å². The van der Waals surface area contributed by atoms with Crippen molar-refractivity contribution in [1.29, 1.82) is 0 Å². The van der Waals surface area contributed by atoms with Crippen LogP contribution < -0.4 is 10.2 Å². The van der Waals surface area contributed by atoms with Gasteiger partial charge in [0.15, 0.2) is 0 Å². The van der Waals surface area contributed by atoms with Gasteiger partial charge in [-0.25, -0.2) is 4.79 Å². The molecule has 2 aliphatic rings. The van der Waals surface area contributed by atoms with Crippen molar-refractivity contribution in [3.05, 3.63) is 28.7 Å². The summed E-state index contributed by atoms with van der Waals surface area (Å²) in [5.41, 5.74) is 0.584. The highest BCUT2D eigenvalue weighted by molar-refractivity contribution is 9.10. The zero-order valence-corrected chi connectivity index (χ0v) is 17.8. The number of anilines is 1. The fraction of sp³-hybridized carbons (Fsp3) is 0.600. The third-order valence-corrected chi connectivity index (χ3v) is 5.58. The number of likely N-dealkylation sites (tertiary alicyclic amines) is 1. The Bertz CT molecular complexity index is 704. The predicted octanol–water partition coefficient (Wildman–Crippen LogP) is 3.54. The van der Waals surface area contributed by atoms with Crippen molar-refractivity contribution in [3.8, 4) is 0 Å². The molecule has 1 aromatic rings. The van der Waals surface area contributed by atoms with Crippen molar-refractivity contribution in [2.24, 2.45) is 0 Å². The maximum absolute atomic E-state index is 12.8. The lowest BCUT2D eigenvalue weighted by atomic mass is 10.1. The lowest BCUT2D eigenvalue weighted by Crippen LogP contribution is -2.50. The Morgan fingerprint density at radius 3 is 2.63 bits per heavy atom. The van der Waals surface area contributed by atoms with Crippen LogP contribution in [-0.4, -0.2) is 54.2 Å². The van der Waals surface area contributed by atoms with Gasteiger partial charge in [-0.15, -0.1) is 0 Å². The molecule has 0 radical (unpaired) electrons. The summed E-state index contributed by atoms with van der Waals surface area (Å²) in [4.78, 5) is 29.0. The van der Waals surface area contributed by atoms with Crippen molar-refractivity contribution in [3.63, 3.8) is 0 Å². The average Bonchev–Trinajstić information content (AvgIpc) is 3.22. The molecule has 0 bridgehead atoms. The Kier molecular flexibility index (Phi) is 5.99. The minimum absolute atomic E-state index is 0.0719. The third-order valence-electron chi connectivity index (χ3n) is 4.91. The topological polar surface area (TPSA) is 61.9 Å². The highest BCUT2D eigenvalue weighted by Gasteiger charge is 2.38. The first kappa shape index (κ1) is 20.0. The quantitative estimate of drug-likeness (QED) is 0.785. The van der Waals surface area contributed by atoms with Crippen molar-refractivity contribution < 1.29 is 14.3 Å². The summed E-state index contributed by atoms with van der Waals surface area (Å²) in [7, 11) is 0. The number of carbonyl (C=O) groups excluding carboxylic acids is 2. The highest BCUT2D eigenvalue weighted by atomic mass is 79.9. The second-order valence-electron chi connectivity index (χ2n) is 8.22. The normalized spacial score (nSPS) is 22.8. The van der Waals surface area contributed by atoms with Crippen LogP contribution in [0.2, 0.25) is 0 Å². The third kappa shape index (κ3) is 4.94. The second kappa shape index (κ2) is 8.09. The van der Waals surface area contributed by atoms with E-state index in [0.29, 0.717) is 13.0 Å². The first-order valence-electron chi connectivity index (χ1n) is 9.54. The Morgan fingerprint density at radius 1 is 1.19 bits per heavy atom. The van der Waals surface area contributed by atoms with Gasteiger partial charge in [-0.3, -0.25) is 9.69 Å². The van der Waals surface area contributed by atoms with Crippen LogP contribution in [0.15, 0.2) is 28.7 Å². The van der Waals surface area contributed by atoms with E-state index in [9.17, 15) is 9.59 Å². The van der Waals surface area contributed by atoms with Crippen LogP contribution in [-0.2, 0) is 9.53 Å². The molecule has 6 nitrogen and oxygen atoms in total. The van der Waals surface area contributed by atoms with E-state index in [1.807, 2.05) is 39.0 Å². The predicted molar refractivity (Wildman–Crippen MR) is 109 cm³/mol. The van der Waals surface area contributed by atoms with Gasteiger partial charge in [0.1, 0.15) is 11.6 Å². The lowest BCUT2D eigenvalue weighted by molar-refractivity contribution is -0.126. The molecule has 2 saturated heterocycles. The summed E-state index contributed by atoms with van der Waals surface area (Å²) in [6.07, 6.45) is 2.00. The summed E-state index contributed by atoms with van der Waals surface area (Å²) in [5.74, 6) is -0.0719. The molecule has 2 atom stereocenters. The Labute approximate surface area is 169 Å². The summed E-state index contributed by atoms with van der Waals surface area (Å²) in [6, 6.07) is 7.77. The number of carbonyl (C=O) groups is 2. The molecule has 0 saturated carbocycles. The molecule has 2 aliphatic heterocycles. The van der Waals surface area contributed by atoms with Crippen molar-refractivity contribution in [2.45, 2.75) is 57.7 Å². The fourth-order valence-corrected chi connectivity index (χ4v) is 4.22. The molecule has 7 heteroatoms. The van der Waals surface area contributed by atoms with E-state index in [4.69, 9.17) is 4.74 Å². The molecule has 27 heavy (non-hydrogen) atoms. The van der Waals surface area contributed by atoms with Crippen LogP contribution in [0.3, 0.4) is 0 Å². The van der Waals surface area contributed by atoms with E-state index in [1.165, 1.54) is 0 Å². The number of nitrogens with zero attached hydrogens (tertiary/aromatic N) is 2. The highest BCUT2D eigenvalue weighted by Crippen LogP contribution is 2.29. The van der Waals surface area contributed by atoms with Gasteiger partial charge in [-0.05, 0) is 68.1 Å². The van der Waals surface area contributed by atoms with Gasteiger partial charge >= 0.3 is 6.09 Å². The number of ether oxygens (including phenoxy) is 1. The Balaban J connectivity index is 1.57. The first-order valence-corrected chi connectivity index (χ1v) is 10.3. The van der Waals surface area contributed by atoms with Crippen molar-refractivity contribution >= 4 is 33.6 Å². The molecule has 148 valence electrons. The molecule has 0 aliphatic carbocycles. The Morgan fingerprint density at radius 2 is 1.93 bits per heavy atom. The molecule has 2 unspecified atom stereocenters. The number of halogens is 1.